The number of hydrogen-bond acceptors (Lipinski definition) is 1. The second-order valence-corrected chi connectivity index (χ2v) is 5.47. The molecule has 1 heteroatoms. The first-order valence-electron chi connectivity index (χ1n) is 6.35. The molecule has 0 unspecified atom stereocenters. The van der Waals surface area contributed by atoms with Crippen molar-refractivity contribution in [2.24, 2.45) is 11.8 Å². The van der Waals surface area contributed by atoms with Crippen LogP contribution in [0.1, 0.15) is 53.4 Å². The van der Waals surface area contributed by atoms with Crippen molar-refractivity contribution in [2.75, 3.05) is 0 Å². The van der Waals surface area contributed by atoms with Crippen LogP contribution < -0.4 is 0 Å². The standard InChI is InChI=1S/C15H24O/c1-11(2)9-15(16)10-13(4)14-7-5-12(3)6-8-14/h5,10-11,14H,6-9H2,1-4H3/b13-10-/t14-/m0/s1. The fourth-order valence-corrected chi connectivity index (χ4v) is 2.21. The molecular weight excluding hydrogens is 196 g/mol. The van der Waals surface area contributed by atoms with E-state index in [9.17, 15) is 4.79 Å². The van der Waals surface area contributed by atoms with Gasteiger partial charge in [0.05, 0.1) is 0 Å². The molecule has 90 valence electrons. The van der Waals surface area contributed by atoms with Crippen molar-refractivity contribution in [3.8, 4) is 0 Å². The molecule has 1 aliphatic carbocycles. The molecule has 0 aromatic heterocycles. The molecule has 0 bridgehead atoms. The summed E-state index contributed by atoms with van der Waals surface area (Å²) < 4.78 is 0. The molecule has 1 nitrogen and oxygen atoms in total. The lowest BCUT2D eigenvalue weighted by Crippen LogP contribution is -2.08. The van der Waals surface area contributed by atoms with E-state index in [1.165, 1.54) is 24.0 Å². The predicted octanol–water partition coefficient (Wildman–Crippen LogP) is 4.29. The number of carbonyl (C=O) groups is 1. The first-order valence-corrected chi connectivity index (χ1v) is 6.35. The fraction of sp³-hybridized carbons (Fsp3) is 0.667. The number of rotatable bonds is 4. The molecule has 0 fully saturated rings. The van der Waals surface area contributed by atoms with E-state index in [0.717, 1.165) is 6.42 Å². The topological polar surface area (TPSA) is 17.1 Å². The SMILES string of the molecule is CC1=CC[C@H](/C(C)=C\C(=O)CC(C)C)CC1. The molecule has 1 atom stereocenters. The Morgan fingerprint density at radius 2 is 2.25 bits per heavy atom. The molecule has 0 amide bonds. The molecule has 0 N–H and O–H groups in total. The number of carbonyl (C=O) groups excluding carboxylic acids is 1. The Kier molecular flexibility index (Phi) is 4.98. The van der Waals surface area contributed by atoms with Gasteiger partial charge in [0.25, 0.3) is 0 Å². The molecule has 0 spiro atoms. The summed E-state index contributed by atoms with van der Waals surface area (Å²) in [5.74, 6) is 1.35. The minimum atomic E-state index is 0.291. The first-order chi connectivity index (χ1) is 7.49. The molecule has 0 aromatic rings. The van der Waals surface area contributed by atoms with Crippen LogP contribution >= 0.6 is 0 Å². The Labute approximate surface area is 99.6 Å². The van der Waals surface area contributed by atoms with Crippen LogP contribution in [0.2, 0.25) is 0 Å². The van der Waals surface area contributed by atoms with Crippen molar-refractivity contribution in [1.82, 2.24) is 0 Å². The van der Waals surface area contributed by atoms with Gasteiger partial charge in [-0.3, -0.25) is 4.79 Å². The normalized spacial score (nSPS) is 22.2. The van der Waals surface area contributed by atoms with Gasteiger partial charge in [0.1, 0.15) is 0 Å². The maximum absolute atomic E-state index is 11.7. The Bertz CT molecular complexity index is 307. The van der Waals surface area contributed by atoms with Gasteiger partial charge in [-0.25, -0.2) is 0 Å². The van der Waals surface area contributed by atoms with E-state index in [2.05, 4.69) is 33.8 Å². The van der Waals surface area contributed by atoms with Gasteiger partial charge in [-0.1, -0.05) is 31.1 Å². The van der Waals surface area contributed by atoms with Gasteiger partial charge in [0, 0.05) is 6.42 Å². The quantitative estimate of drug-likeness (QED) is 0.510. The Hall–Kier alpha value is -0.850. The van der Waals surface area contributed by atoms with Gasteiger partial charge in [0.2, 0.25) is 0 Å². The van der Waals surface area contributed by atoms with Crippen molar-refractivity contribution >= 4 is 5.78 Å². The van der Waals surface area contributed by atoms with Crippen LogP contribution in [0, 0.1) is 11.8 Å². The maximum atomic E-state index is 11.7. The van der Waals surface area contributed by atoms with Gasteiger partial charge >= 0.3 is 0 Å². The lowest BCUT2D eigenvalue weighted by atomic mass is 9.84. The molecule has 0 aromatic carbocycles. The van der Waals surface area contributed by atoms with Crippen LogP contribution in [-0.4, -0.2) is 5.78 Å². The van der Waals surface area contributed by atoms with Crippen molar-refractivity contribution < 1.29 is 4.79 Å². The largest absolute Gasteiger partial charge is 0.295 e. The zero-order chi connectivity index (χ0) is 12.1. The summed E-state index contributed by atoms with van der Waals surface area (Å²) in [4.78, 5) is 11.7. The summed E-state index contributed by atoms with van der Waals surface area (Å²) >= 11 is 0. The summed E-state index contributed by atoms with van der Waals surface area (Å²) in [7, 11) is 0. The number of hydrogen-bond donors (Lipinski definition) is 0. The molecule has 0 heterocycles. The van der Waals surface area contributed by atoms with E-state index >= 15 is 0 Å². The van der Waals surface area contributed by atoms with E-state index in [-0.39, 0.29) is 0 Å². The summed E-state index contributed by atoms with van der Waals surface area (Å²) in [6, 6.07) is 0. The van der Waals surface area contributed by atoms with Crippen LogP contribution in [0.5, 0.6) is 0 Å². The van der Waals surface area contributed by atoms with Crippen molar-refractivity contribution in [1.29, 1.82) is 0 Å². The van der Waals surface area contributed by atoms with Gasteiger partial charge < -0.3 is 0 Å². The lowest BCUT2D eigenvalue weighted by Gasteiger charge is -2.21. The van der Waals surface area contributed by atoms with Crippen LogP contribution in [-0.2, 0) is 4.79 Å². The average molecular weight is 220 g/mol. The first kappa shape index (κ1) is 13.2. The third-order valence-electron chi connectivity index (χ3n) is 3.28. The van der Waals surface area contributed by atoms with Crippen LogP contribution in [0.15, 0.2) is 23.3 Å². The van der Waals surface area contributed by atoms with E-state index < -0.39 is 0 Å². The van der Waals surface area contributed by atoms with Crippen molar-refractivity contribution in [2.45, 2.75) is 53.4 Å². The number of ketones is 1. The third-order valence-corrected chi connectivity index (χ3v) is 3.28. The lowest BCUT2D eigenvalue weighted by molar-refractivity contribution is -0.115. The fourth-order valence-electron chi connectivity index (χ4n) is 2.21. The predicted molar refractivity (Wildman–Crippen MR) is 69.3 cm³/mol. The van der Waals surface area contributed by atoms with Crippen LogP contribution in [0.3, 0.4) is 0 Å². The summed E-state index contributed by atoms with van der Waals surface area (Å²) in [5, 5.41) is 0. The highest BCUT2D eigenvalue weighted by Crippen LogP contribution is 2.28. The molecule has 0 aliphatic heterocycles. The highest BCUT2D eigenvalue weighted by molar-refractivity contribution is 5.90. The smallest absolute Gasteiger partial charge is 0.155 e. The minimum absolute atomic E-state index is 0.291. The van der Waals surface area contributed by atoms with Crippen molar-refractivity contribution in [3.05, 3.63) is 23.3 Å². The minimum Gasteiger partial charge on any atom is -0.295 e. The second kappa shape index (κ2) is 6.03. The van der Waals surface area contributed by atoms with Gasteiger partial charge in [0.15, 0.2) is 5.78 Å². The van der Waals surface area contributed by atoms with E-state index in [1.54, 1.807) is 0 Å². The molecule has 1 aliphatic rings. The number of allylic oxidation sites excluding steroid dienone is 4. The Morgan fingerprint density at radius 1 is 1.56 bits per heavy atom. The summed E-state index contributed by atoms with van der Waals surface area (Å²) in [6.07, 6.45) is 8.38. The third kappa shape index (κ3) is 4.34. The molecule has 1 rings (SSSR count). The van der Waals surface area contributed by atoms with Crippen LogP contribution in [0.4, 0.5) is 0 Å². The molecule has 16 heavy (non-hydrogen) atoms. The second-order valence-electron chi connectivity index (χ2n) is 5.47. The summed E-state index contributed by atoms with van der Waals surface area (Å²) in [5.41, 5.74) is 2.77. The molecule has 0 saturated carbocycles. The van der Waals surface area contributed by atoms with Gasteiger partial charge in [-0.2, -0.15) is 0 Å². The Morgan fingerprint density at radius 3 is 2.75 bits per heavy atom. The molecule has 0 radical (unpaired) electrons. The summed E-state index contributed by atoms with van der Waals surface area (Å²) in [6.45, 7) is 8.48. The van der Waals surface area contributed by atoms with Gasteiger partial charge in [-0.05, 0) is 51.0 Å². The highest BCUT2D eigenvalue weighted by atomic mass is 16.1. The van der Waals surface area contributed by atoms with E-state index in [1.807, 2.05) is 6.08 Å². The van der Waals surface area contributed by atoms with Crippen LogP contribution in [0.25, 0.3) is 0 Å². The van der Waals surface area contributed by atoms with Gasteiger partial charge in [-0.15, -0.1) is 0 Å². The Balaban J connectivity index is 2.54. The maximum Gasteiger partial charge on any atom is 0.155 e. The zero-order valence-electron chi connectivity index (χ0n) is 11.0. The van der Waals surface area contributed by atoms with E-state index in [4.69, 9.17) is 0 Å². The molecular formula is C15H24O. The van der Waals surface area contributed by atoms with E-state index in [0.29, 0.717) is 24.0 Å². The molecule has 0 saturated heterocycles. The average Bonchev–Trinajstić information content (AvgIpc) is 2.16. The van der Waals surface area contributed by atoms with Crippen molar-refractivity contribution in [3.63, 3.8) is 0 Å². The highest BCUT2D eigenvalue weighted by Gasteiger charge is 2.15. The zero-order valence-corrected chi connectivity index (χ0v) is 11.0. The monoisotopic (exact) mass is 220 g/mol.